The molecule has 0 bridgehead atoms. The topological polar surface area (TPSA) is 94.1 Å². The second kappa shape index (κ2) is 5.58. The van der Waals surface area contributed by atoms with Crippen molar-refractivity contribution in [2.24, 2.45) is 0 Å². The van der Waals surface area contributed by atoms with E-state index in [0.29, 0.717) is 23.0 Å². The van der Waals surface area contributed by atoms with Crippen LogP contribution in [0, 0.1) is 6.92 Å². The van der Waals surface area contributed by atoms with E-state index in [0.717, 1.165) is 5.56 Å². The summed E-state index contributed by atoms with van der Waals surface area (Å²) >= 11 is 0. The van der Waals surface area contributed by atoms with Gasteiger partial charge in [0.05, 0.1) is 18.4 Å². The zero-order chi connectivity index (χ0) is 14.7. The molecule has 0 aliphatic heterocycles. The van der Waals surface area contributed by atoms with E-state index >= 15 is 0 Å². The smallest absolute Gasteiger partial charge is 0.255 e. The summed E-state index contributed by atoms with van der Waals surface area (Å²) in [6, 6.07) is 5.17. The van der Waals surface area contributed by atoms with Gasteiger partial charge in [-0.25, -0.2) is 0 Å². The molecule has 1 N–H and O–H groups in total. The number of rotatable bonds is 4. The fourth-order valence-electron chi connectivity index (χ4n) is 1.82. The van der Waals surface area contributed by atoms with Crippen molar-refractivity contribution in [2.75, 3.05) is 0 Å². The van der Waals surface area contributed by atoms with Crippen LogP contribution in [0.5, 0.6) is 0 Å². The SMILES string of the molecule is Cc1occc1C(=O)NCc1nc(-c2ccncc2)no1. The second-order valence-electron chi connectivity index (χ2n) is 4.32. The van der Waals surface area contributed by atoms with Crippen molar-refractivity contribution in [1.29, 1.82) is 0 Å². The monoisotopic (exact) mass is 284 g/mol. The summed E-state index contributed by atoms with van der Waals surface area (Å²) in [6.45, 7) is 1.88. The van der Waals surface area contributed by atoms with E-state index in [4.69, 9.17) is 8.94 Å². The number of nitrogens with one attached hydrogen (secondary N) is 1. The van der Waals surface area contributed by atoms with Gasteiger partial charge >= 0.3 is 0 Å². The van der Waals surface area contributed by atoms with Gasteiger partial charge in [-0.1, -0.05) is 5.16 Å². The normalized spacial score (nSPS) is 10.5. The Hall–Kier alpha value is -2.96. The highest BCUT2D eigenvalue weighted by atomic mass is 16.5. The predicted octanol–water partition coefficient (Wildman–Crippen LogP) is 1.96. The van der Waals surface area contributed by atoms with Gasteiger partial charge in [0.15, 0.2) is 0 Å². The van der Waals surface area contributed by atoms with Crippen LogP contribution in [-0.2, 0) is 6.54 Å². The molecule has 0 atom stereocenters. The molecule has 21 heavy (non-hydrogen) atoms. The van der Waals surface area contributed by atoms with E-state index in [-0.39, 0.29) is 12.5 Å². The number of aryl methyl sites for hydroxylation is 1. The van der Waals surface area contributed by atoms with Crippen LogP contribution < -0.4 is 5.32 Å². The maximum atomic E-state index is 11.9. The van der Waals surface area contributed by atoms with Crippen LogP contribution in [0.4, 0.5) is 0 Å². The van der Waals surface area contributed by atoms with Crippen molar-refractivity contribution >= 4 is 5.91 Å². The number of hydrogen-bond acceptors (Lipinski definition) is 6. The number of amides is 1. The van der Waals surface area contributed by atoms with Gasteiger partial charge in [0, 0.05) is 18.0 Å². The summed E-state index contributed by atoms with van der Waals surface area (Å²) in [7, 11) is 0. The molecule has 0 aromatic carbocycles. The molecule has 106 valence electrons. The molecule has 3 rings (SSSR count). The lowest BCUT2D eigenvalue weighted by Gasteiger charge is -1.99. The summed E-state index contributed by atoms with van der Waals surface area (Å²) in [5.41, 5.74) is 1.29. The van der Waals surface area contributed by atoms with E-state index in [9.17, 15) is 4.79 Å². The molecule has 7 nitrogen and oxygen atoms in total. The van der Waals surface area contributed by atoms with Gasteiger partial charge in [0.1, 0.15) is 5.76 Å². The molecule has 0 fully saturated rings. The minimum atomic E-state index is -0.245. The van der Waals surface area contributed by atoms with Crippen LogP contribution in [0.1, 0.15) is 22.0 Å². The Kier molecular flexibility index (Phi) is 3.46. The highest BCUT2D eigenvalue weighted by Gasteiger charge is 2.13. The van der Waals surface area contributed by atoms with E-state index in [1.807, 2.05) is 0 Å². The Morgan fingerprint density at radius 1 is 1.29 bits per heavy atom. The molecule has 0 aliphatic rings. The quantitative estimate of drug-likeness (QED) is 0.787. The third-order valence-electron chi connectivity index (χ3n) is 2.91. The number of hydrogen-bond donors (Lipinski definition) is 1. The standard InChI is InChI=1S/C14H12N4O3/c1-9-11(4-7-20-9)14(19)16-8-12-17-13(18-21-12)10-2-5-15-6-3-10/h2-7H,8H2,1H3,(H,16,19). The van der Waals surface area contributed by atoms with Crippen LogP contribution in [0.15, 0.2) is 45.8 Å². The lowest BCUT2D eigenvalue weighted by molar-refractivity contribution is 0.0944. The number of nitrogens with zero attached hydrogens (tertiary/aromatic N) is 3. The van der Waals surface area contributed by atoms with Crippen molar-refractivity contribution < 1.29 is 13.7 Å². The summed E-state index contributed by atoms with van der Waals surface area (Å²) < 4.78 is 10.2. The highest BCUT2D eigenvalue weighted by molar-refractivity contribution is 5.94. The first-order valence-corrected chi connectivity index (χ1v) is 6.29. The molecule has 3 aromatic heterocycles. The molecule has 0 saturated heterocycles. The maximum Gasteiger partial charge on any atom is 0.255 e. The summed E-state index contributed by atoms with van der Waals surface area (Å²) in [5.74, 6) is 1.11. The van der Waals surface area contributed by atoms with Gasteiger partial charge in [0.25, 0.3) is 5.91 Å². The fraction of sp³-hybridized carbons (Fsp3) is 0.143. The number of carbonyl (C=O) groups is 1. The number of carbonyl (C=O) groups excluding carboxylic acids is 1. The largest absolute Gasteiger partial charge is 0.469 e. The Morgan fingerprint density at radius 2 is 2.10 bits per heavy atom. The Bertz CT molecular complexity index is 748. The average molecular weight is 284 g/mol. The van der Waals surface area contributed by atoms with Crippen molar-refractivity contribution in [1.82, 2.24) is 20.4 Å². The van der Waals surface area contributed by atoms with Crippen LogP contribution in [-0.4, -0.2) is 21.0 Å². The minimum absolute atomic E-state index is 0.154. The zero-order valence-electron chi connectivity index (χ0n) is 11.2. The van der Waals surface area contributed by atoms with Crippen LogP contribution in [0.3, 0.4) is 0 Å². The summed E-state index contributed by atoms with van der Waals surface area (Å²) in [6.07, 6.45) is 4.77. The predicted molar refractivity (Wildman–Crippen MR) is 72.1 cm³/mol. The molecule has 0 radical (unpaired) electrons. The van der Waals surface area contributed by atoms with Gasteiger partial charge in [-0.2, -0.15) is 4.98 Å². The molecule has 0 aliphatic carbocycles. The molecular weight excluding hydrogens is 272 g/mol. The van der Waals surface area contributed by atoms with Gasteiger partial charge in [0.2, 0.25) is 11.7 Å². The second-order valence-corrected chi connectivity index (χ2v) is 4.32. The molecule has 0 saturated carbocycles. The average Bonchev–Trinajstić information content (AvgIpc) is 3.15. The first-order chi connectivity index (χ1) is 10.2. The molecule has 3 aromatic rings. The number of pyridine rings is 1. The molecule has 7 heteroatoms. The number of aromatic nitrogens is 3. The molecule has 0 spiro atoms. The van der Waals surface area contributed by atoms with Crippen molar-refractivity contribution in [3.05, 3.63) is 54.1 Å². The third-order valence-corrected chi connectivity index (χ3v) is 2.91. The van der Waals surface area contributed by atoms with Crippen molar-refractivity contribution in [3.8, 4) is 11.4 Å². The van der Waals surface area contributed by atoms with E-state index in [1.165, 1.54) is 6.26 Å². The van der Waals surface area contributed by atoms with Crippen molar-refractivity contribution in [3.63, 3.8) is 0 Å². The first-order valence-electron chi connectivity index (χ1n) is 6.29. The molecule has 1 amide bonds. The van der Waals surface area contributed by atoms with Gasteiger partial charge in [-0.3, -0.25) is 9.78 Å². The fourth-order valence-corrected chi connectivity index (χ4v) is 1.82. The Labute approximate surface area is 120 Å². The highest BCUT2D eigenvalue weighted by Crippen LogP contribution is 2.14. The Morgan fingerprint density at radius 3 is 2.81 bits per heavy atom. The maximum absolute atomic E-state index is 11.9. The summed E-state index contributed by atoms with van der Waals surface area (Å²) in [5, 5.41) is 6.56. The van der Waals surface area contributed by atoms with Crippen LogP contribution in [0.2, 0.25) is 0 Å². The molecule has 3 heterocycles. The first kappa shape index (κ1) is 13.0. The van der Waals surface area contributed by atoms with E-state index in [1.54, 1.807) is 37.5 Å². The van der Waals surface area contributed by atoms with Gasteiger partial charge < -0.3 is 14.3 Å². The minimum Gasteiger partial charge on any atom is -0.469 e. The molecular formula is C14H12N4O3. The zero-order valence-corrected chi connectivity index (χ0v) is 11.2. The lowest BCUT2D eigenvalue weighted by Crippen LogP contribution is -2.23. The lowest BCUT2D eigenvalue weighted by atomic mass is 10.2. The third kappa shape index (κ3) is 2.81. The summed E-state index contributed by atoms with van der Waals surface area (Å²) in [4.78, 5) is 20.0. The van der Waals surface area contributed by atoms with Crippen LogP contribution >= 0.6 is 0 Å². The van der Waals surface area contributed by atoms with Crippen LogP contribution in [0.25, 0.3) is 11.4 Å². The van der Waals surface area contributed by atoms with Gasteiger partial charge in [-0.05, 0) is 25.1 Å². The number of furan rings is 1. The molecule has 0 unspecified atom stereocenters. The van der Waals surface area contributed by atoms with E-state index < -0.39 is 0 Å². The van der Waals surface area contributed by atoms with Crippen molar-refractivity contribution in [2.45, 2.75) is 13.5 Å². The van der Waals surface area contributed by atoms with E-state index in [2.05, 4.69) is 20.4 Å². The Balaban J connectivity index is 1.66. The van der Waals surface area contributed by atoms with Gasteiger partial charge in [-0.15, -0.1) is 0 Å².